The van der Waals surface area contributed by atoms with Gasteiger partial charge in [-0.25, -0.2) is 9.18 Å². The molecular formula is C15H15FN2O2. The molecule has 0 aliphatic heterocycles. The number of hydrogen-bond acceptors (Lipinski definition) is 2. The predicted molar refractivity (Wildman–Crippen MR) is 76.2 cm³/mol. The molecule has 0 saturated heterocycles. The summed E-state index contributed by atoms with van der Waals surface area (Å²) < 4.78 is 17.8. The first-order valence-electron chi connectivity index (χ1n) is 6.09. The number of hydrogen-bond donors (Lipinski definition) is 2. The van der Waals surface area contributed by atoms with Crippen molar-refractivity contribution in [2.45, 2.75) is 6.61 Å². The largest absolute Gasteiger partial charge is 0.380 e. The maximum absolute atomic E-state index is 12.8. The Kier molecular flexibility index (Phi) is 4.68. The molecule has 2 aromatic rings. The third kappa shape index (κ3) is 3.80. The topological polar surface area (TPSA) is 50.4 Å². The second-order valence-electron chi connectivity index (χ2n) is 4.18. The van der Waals surface area contributed by atoms with Crippen LogP contribution in [0.5, 0.6) is 0 Å². The van der Waals surface area contributed by atoms with E-state index in [9.17, 15) is 9.18 Å². The van der Waals surface area contributed by atoms with E-state index in [-0.39, 0.29) is 11.8 Å². The highest BCUT2D eigenvalue weighted by Gasteiger charge is 2.06. The van der Waals surface area contributed by atoms with Crippen molar-refractivity contribution in [3.8, 4) is 0 Å². The van der Waals surface area contributed by atoms with Crippen LogP contribution in [-0.2, 0) is 11.3 Å². The average molecular weight is 274 g/mol. The van der Waals surface area contributed by atoms with Gasteiger partial charge in [0.2, 0.25) is 0 Å². The fraction of sp³-hybridized carbons (Fsp3) is 0.133. The Bertz CT molecular complexity index is 585. The number of halogens is 1. The zero-order valence-electron chi connectivity index (χ0n) is 11.0. The molecule has 0 atom stereocenters. The van der Waals surface area contributed by atoms with E-state index >= 15 is 0 Å². The van der Waals surface area contributed by atoms with E-state index < -0.39 is 0 Å². The van der Waals surface area contributed by atoms with Gasteiger partial charge in [0.15, 0.2) is 0 Å². The van der Waals surface area contributed by atoms with Crippen LogP contribution < -0.4 is 10.6 Å². The first-order valence-corrected chi connectivity index (χ1v) is 6.09. The molecule has 0 bridgehead atoms. The molecule has 2 rings (SSSR count). The number of benzene rings is 2. The molecule has 0 spiro atoms. The molecule has 0 aliphatic rings. The van der Waals surface area contributed by atoms with Crippen LogP contribution in [0.3, 0.4) is 0 Å². The van der Waals surface area contributed by atoms with Crippen LogP contribution in [0, 0.1) is 5.82 Å². The quantitative estimate of drug-likeness (QED) is 0.894. The summed E-state index contributed by atoms with van der Waals surface area (Å²) in [5.41, 5.74) is 2.08. The monoisotopic (exact) mass is 274 g/mol. The van der Waals surface area contributed by atoms with Gasteiger partial charge < -0.3 is 15.4 Å². The molecule has 0 radical (unpaired) electrons. The van der Waals surface area contributed by atoms with E-state index in [0.29, 0.717) is 18.0 Å². The fourth-order valence-corrected chi connectivity index (χ4v) is 1.74. The lowest BCUT2D eigenvalue weighted by Gasteiger charge is -2.11. The highest BCUT2D eigenvalue weighted by Crippen LogP contribution is 2.16. The van der Waals surface area contributed by atoms with Crippen molar-refractivity contribution in [1.29, 1.82) is 0 Å². The number of nitrogens with one attached hydrogen (secondary N) is 2. The summed E-state index contributed by atoms with van der Waals surface area (Å²) in [5.74, 6) is -0.346. The van der Waals surface area contributed by atoms with Crippen LogP contribution in [0.15, 0.2) is 48.5 Å². The Hall–Kier alpha value is -2.40. The number of rotatable bonds is 4. The Morgan fingerprint density at radius 1 is 1.10 bits per heavy atom. The van der Waals surface area contributed by atoms with Gasteiger partial charge in [0.05, 0.1) is 6.61 Å². The first kappa shape index (κ1) is 14.0. The normalized spacial score (nSPS) is 10.1. The molecule has 2 N–H and O–H groups in total. The van der Waals surface area contributed by atoms with Crippen molar-refractivity contribution in [1.82, 2.24) is 0 Å². The number of urea groups is 1. The molecule has 0 aromatic heterocycles. The third-order valence-corrected chi connectivity index (χ3v) is 2.67. The minimum atomic E-state index is -0.389. The van der Waals surface area contributed by atoms with Crippen molar-refractivity contribution in [2.24, 2.45) is 0 Å². The first-order chi connectivity index (χ1) is 9.69. The Labute approximate surface area is 116 Å². The molecule has 2 aromatic carbocycles. The standard InChI is InChI=1S/C15H15FN2O2/c1-20-10-11-4-2-3-5-14(11)18-15(19)17-13-8-6-12(16)7-9-13/h2-9H,10H2,1H3,(H2,17,18,19). The lowest BCUT2D eigenvalue weighted by Crippen LogP contribution is -2.20. The van der Waals surface area contributed by atoms with Gasteiger partial charge in [-0.15, -0.1) is 0 Å². The van der Waals surface area contributed by atoms with Crippen LogP contribution >= 0.6 is 0 Å². The number of carbonyl (C=O) groups excluding carboxylic acids is 1. The summed E-state index contributed by atoms with van der Waals surface area (Å²) >= 11 is 0. The lowest BCUT2D eigenvalue weighted by atomic mass is 10.2. The zero-order valence-corrected chi connectivity index (χ0v) is 11.0. The summed E-state index contributed by atoms with van der Waals surface area (Å²) in [7, 11) is 1.59. The summed E-state index contributed by atoms with van der Waals surface area (Å²) in [6, 6.07) is 12.5. The van der Waals surface area contributed by atoms with E-state index in [2.05, 4.69) is 10.6 Å². The molecule has 0 saturated carbocycles. The number of anilines is 2. The van der Waals surface area contributed by atoms with Gasteiger partial charge >= 0.3 is 6.03 Å². The fourth-order valence-electron chi connectivity index (χ4n) is 1.74. The van der Waals surface area contributed by atoms with Gasteiger partial charge in [-0.05, 0) is 30.3 Å². The average Bonchev–Trinajstić information content (AvgIpc) is 2.44. The van der Waals surface area contributed by atoms with Gasteiger partial charge in [0, 0.05) is 24.0 Å². The molecule has 0 heterocycles. The highest BCUT2D eigenvalue weighted by atomic mass is 19.1. The van der Waals surface area contributed by atoms with Gasteiger partial charge in [-0.2, -0.15) is 0 Å². The number of para-hydroxylation sites is 1. The van der Waals surface area contributed by atoms with Gasteiger partial charge in [-0.1, -0.05) is 18.2 Å². The number of carbonyl (C=O) groups is 1. The third-order valence-electron chi connectivity index (χ3n) is 2.67. The predicted octanol–water partition coefficient (Wildman–Crippen LogP) is 3.62. The molecule has 0 fully saturated rings. The smallest absolute Gasteiger partial charge is 0.323 e. The Balaban J connectivity index is 2.02. The van der Waals surface area contributed by atoms with Crippen molar-refractivity contribution in [2.75, 3.05) is 17.7 Å². The van der Waals surface area contributed by atoms with Gasteiger partial charge in [-0.3, -0.25) is 0 Å². The maximum Gasteiger partial charge on any atom is 0.323 e. The van der Waals surface area contributed by atoms with Crippen LogP contribution in [0.2, 0.25) is 0 Å². The highest BCUT2D eigenvalue weighted by molar-refractivity contribution is 6.00. The number of amides is 2. The van der Waals surface area contributed by atoms with Gasteiger partial charge in [0.1, 0.15) is 5.82 Å². The Morgan fingerprint density at radius 2 is 1.80 bits per heavy atom. The second kappa shape index (κ2) is 6.68. The lowest BCUT2D eigenvalue weighted by molar-refractivity contribution is 0.185. The van der Waals surface area contributed by atoms with Crippen LogP contribution in [0.1, 0.15) is 5.56 Å². The van der Waals surface area contributed by atoms with Crippen LogP contribution in [-0.4, -0.2) is 13.1 Å². The maximum atomic E-state index is 12.8. The minimum absolute atomic E-state index is 0.346. The molecule has 104 valence electrons. The van der Waals surface area contributed by atoms with Crippen LogP contribution in [0.25, 0.3) is 0 Å². The van der Waals surface area contributed by atoms with E-state index in [1.807, 2.05) is 18.2 Å². The molecule has 0 unspecified atom stereocenters. The van der Waals surface area contributed by atoms with Crippen molar-refractivity contribution < 1.29 is 13.9 Å². The zero-order chi connectivity index (χ0) is 14.4. The van der Waals surface area contributed by atoms with E-state index in [4.69, 9.17) is 4.74 Å². The SMILES string of the molecule is COCc1ccccc1NC(=O)Nc1ccc(F)cc1. The van der Waals surface area contributed by atoms with E-state index in [0.717, 1.165) is 5.56 Å². The summed E-state index contributed by atoms with van der Waals surface area (Å²) in [4.78, 5) is 11.9. The number of ether oxygens (including phenoxy) is 1. The molecule has 5 heteroatoms. The summed E-state index contributed by atoms with van der Waals surface area (Å²) in [5, 5.41) is 5.36. The number of methoxy groups -OCH3 is 1. The molecule has 2 amide bonds. The van der Waals surface area contributed by atoms with Crippen molar-refractivity contribution in [3.63, 3.8) is 0 Å². The van der Waals surface area contributed by atoms with Crippen LogP contribution in [0.4, 0.5) is 20.6 Å². The summed E-state index contributed by atoms with van der Waals surface area (Å²) in [6.07, 6.45) is 0. The molecule has 20 heavy (non-hydrogen) atoms. The second-order valence-corrected chi connectivity index (χ2v) is 4.18. The van der Waals surface area contributed by atoms with E-state index in [1.54, 1.807) is 13.2 Å². The van der Waals surface area contributed by atoms with Crippen molar-refractivity contribution >= 4 is 17.4 Å². The van der Waals surface area contributed by atoms with E-state index in [1.165, 1.54) is 24.3 Å². The summed E-state index contributed by atoms with van der Waals surface area (Å²) in [6.45, 7) is 0.410. The van der Waals surface area contributed by atoms with Gasteiger partial charge in [0.25, 0.3) is 0 Å². The van der Waals surface area contributed by atoms with Crippen molar-refractivity contribution in [3.05, 3.63) is 59.9 Å². The Morgan fingerprint density at radius 3 is 2.50 bits per heavy atom. The molecular weight excluding hydrogens is 259 g/mol. The minimum Gasteiger partial charge on any atom is -0.380 e. The molecule has 0 aliphatic carbocycles. The molecule has 4 nitrogen and oxygen atoms in total.